The number of aromatic nitrogens is 3. The third kappa shape index (κ3) is 10.8. The van der Waals surface area contributed by atoms with Crippen molar-refractivity contribution in [3.8, 4) is 28.1 Å². The van der Waals surface area contributed by atoms with Gasteiger partial charge in [0.25, 0.3) is 5.91 Å². The van der Waals surface area contributed by atoms with Crippen LogP contribution in [0.5, 0.6) is 5.75 Å². The third-order valence-corrected chi connectivity index (χ3v) is 10.7. The van der Waals surface area contributed by atoms with Gasteiger partial charge in [0.2, 0.25) is 5.91 Å². The van der Waals surface area contributed by atoms with Gasteiger partial charge in [0, 0.05) is 55.2 Å². The second-order valence-electron chi connectivity index (χ2n) is 16.9. The fourth-order valence-electron chi connectivity index (χ4n) is 7.64. The van der Waals surface area contributed by atoms with Crippen molar-refractivity contribution < 1.29 is 46.6 Å². The maximum Gasteiger partial charge on any atom is 0.573 e. The van der Waals surface area contributed by atoms with Crippen molar-refractivity contribution in [2.45, 2.75) is 97.4 Å². The number of carbonyl (C=O) groups is 4. The lowest BCUT2D eigenvalue weighted by Crippen LogP contribution is -2.59. The number of anilines is 2. The molecule has 4 aromatic rings. The molecule has 0 bridgehead atoms. The number of H-pyrrole nitrogens is 1. The molecule has 2 aromatic carbocycles. The van der Waals surface area contributed by atoms with E-state index in [4.69, 9.17) is 9.47 Å². The van der Waals surface area contributed by atoms with Crippen molar-refractivity contribution in [3.63, 3.8) is 0 Å². The van der Waals surface area contributed by atoms with Gasteiger partial charge in [0.05, 0.1) is 30.6 Å². The maximum absolute atomic E-state index is 13.7. The Morgan fingerprint density at radius 3 is 2.23 bits per heavy atom. The number of rotatable bonds is 10. The zero-order valence-electron chi connectivity index (χ0n) is 36.0. The van der Waals surface area contributed by atoms with Crippen LogP contribution in [0.1, 0.15) is 83.5 Å². The summed E-state index contributed by atoms with van der Waals surface area (Å²) in [7, 11) is 1.24. The van der Waals surface area contributed by atoms with E-state index in [0.29, 0.717) is 54.5 Å². The Labute approximate surface area is 358 Å². The largest absolute Gasteiger partial charge is 0.573 e. The molecule has 2 fully saturated rings. The minimum Gasteiger partial charge on any atom is -0.453 e. The molecule has 18 heteroatoms. The third-order valence-electron chi connectivity index (χ3n) is 10.7. The van der Waals surface area contributed by atoms with E-state index >= 15 is 0 Å². The molecule has 2 aliphatic heterocycles. The molecule has 0 radical (unpaired) electrons. The zero-order chi connectivity index (χ0) is 45.1. The van der Waals surface area contributed by atoms with Crippen molar-refractivity contribution in [3.05, 3.63) is 78.4 Å². The Bertz CT molecular complexity index is 2240. The van der Waals surface area contributed by atoms with Crippen molar-refractivity contribution in [2.24, 2.45) is 5.92 Å². The summed E-state index contributed by atoms with van der Waals surface area (Å²) in [5.41, 5.74) is 1.53. The highest BCUT2D eigenvalue weighted by molar-refractivity contribution is 6.04. The molecule has 15 nitrogen and oxygen atoms in total. The number of imidazole rings is 1. The average Bonchev–Trinajstić information content (AvgIpc) is 3.90. The maximum atomic E-state index is 13.7. The quantitative estimate of drug-likeness (QED) is 0.141. The summed E-state index contributed by atoms with van der Waals surface area (Å²) >= 11 is 0. The number of piperazine rings is 1. The van der Waals surface area contributed by atoms with Crippen LogP contribution >= 0.6 is 0 Å². The van der Waals surface area contributed by atoms with Crippen LogP contribution in [0.4, 0.5) is 34.3 Å². The highest BCUT2D eigenvalue weighted by Gasteiger charge is 2.38. The van der Waals surface area contributed by atoms with Crippen LogP contribution in [0, 0.1) is 5.92 Å². The molecule has 0 saturated carbocycles. The second-order valence-corrected chi connectivity index (χ2v) is 16.9. The molecule has 4 heterocycles. The number of nitrogens with one attached hydrogen (secondary N) is 3. The van der Waals surface area contributed by atoms with Crippen LogP contribution in [0.3, 0.4) is 0 Å². The normalized spacial score (nSPS) is 18.6. The van der Waals surface area contributed by atoms with E-state index in [1.165, 1.54) is 25.4 Å². The molecule has 3 N–H and O–H groups in total. The molecule has 2 saturated heterocycles. The number of pyridine rings is 1. The number of hydrogen-bond acceptors (Lipinski definition) is 10. The predicted octanol–water partition coefficient (Wildman–Crippen LogP) is 8.17. The van der Waals surface area contributed by atoms with Crippen LogP contribution < -0.4 is 20.3 Å². The van der Waals surface area contributed by atoms with Gasteiger partial charge in [-0.2, -0.15) is 0 Å². The fraction of sp³-hybridized carbons (Fsp3) is 0.455. The molecule has 4 amide bonds. The van der Waals surface area contributed by atoms with Crippen LogP contribution in [-0.4, -0.2) is 106 Å². The number of alkyl halides is 3. The molecule has 6 rings (SSSR count). The molecular formula is C44H53F3N8O7. The number of carbonyl (C=O) groups excluding carboxylic acids is 4. The van der Waals surface area contributed by atoms with Crippen molar-refractivity contribution in [1.29, 1.82) is 0 Å². The van der Waals surface area contributed by atoms with Gasteiger partial charge in [-0.05, 0) is 88.8 Å². The minimum atomic E-state index is -5.02. The van der Waals surface area contributed by atoms with Crippen molar-refractivity contribution in [2.75, 3.05) is 37.0 Å². The summed E-state index contributed by atoms with van der Waals surface area (Å²) < 4.78 is 55.9. The Hall–Kier alpha value is -6.33. The number of ether oxygens (including phenoxy) is 3. The van der Waals surface area contributed by atoms with Gasteiger partial charge < -0.3 is 44.5 Å². The number of alkyl carbamates (subject to hydrolysis) is 1. The number of halogens is 3. The molecular weight excluding hydrogens is 810 g/mol. The van der Waals surface area contributed by atoms with E-state index in [-0.39, 0.29) is 52.9 Å². The van der Waals surface area contributed by atoms with Gasteiger partial charge in [-0.25, -0.2) is 19.6 Å². The molecule has 2 aromatic heterocycles. The second kappa shape index (κ2) is 18.3. The Balaban J connectivity index is 1.13. The molecule has 4 atom stereocenters. The lowest BCUT2D eigenvalue weighted by Gasteiger charge is -2.44. The summed E-state index contributed by atoms with van der Waals surface area (Å²) in [6.45, 7) is 14.4. The van der Waals surface area contributed by atoms with Gasteiger partial charge in [-0.1, -0.05) is 38.1 Å². The van der Waals surface area contributed by atoms with Crippen LogP contribution in [0.15, 0.2) is 67.0 Å². The zero-order valence-corrected chi connectivity index (χ0v) is 36.0. The van der Waals surface area contributed by atoms with Crippen LogP contribution in [-0.2, 0) is 14.3 Å². The number of amides is 4. The van der Waals surface area contributed by atoms with E-state index in [2.05, 4.69) is 30.3 Å². The summed E-state index contributed by atoms with van der Waals surface area (Å²) in [5.74, 6) is -0.349. The lowest BCUT2D eigenvalue weighted by molar-refractivity contribution is -0.274. The van der Waals surface area contributed by atoms with Gasteiger partial charge in [-0.3, -0.25) is 9.59 Å². The van der Waals surface area contributed by atoms with Crippen molar-refractivity contribution >= 4 is 35.5 Å². The van der Waals surface area contributed by atoms with Gasteiger partial charge in [-0.15, -0.1) is 13.2 Å². The molecule has 0 spiro atoms. The summed E-state index contributed by atoms with van der Waals surface area (Å²) in [6, 6.07) is 12.7. The standard InChI is InChI=1S/C44H53F3N8O7/c1-25(2)37(52-41(58)60-8)40(57)53-19-9-10-34(53)38-49-22-33(51-38)29-13-11-28(12-14-29)32-17-16-31(20-35(32)61-44(45,46)47)50-39(56)30-15-18-36(48-21-30)54-23-27(4)55(24-26(54)3)42(59)62-43(5,6)7/h11-18,20-22,25-27,34,37H,9-10,19,23-24H2,1-8H3,(H,49,51)(H,50,56)(H,52,58). The first-order valence-corrected chi connectivity index (χ1v) is 20.5. The number of aromatic amines is 1. The molecule has 2 aliphatic rings. The first-order valence-electron chi connectivity index (χ1n) is 20.5. The Morgan fingerprint density at radius 1 is 0.887 bits per heavy atom. The first kappa shape index (κ1) is 45.2. The van der Waals surface area contributed by atoms with E-state index in [1.807, 2.05) is 53.4 Å². The summed E-state index contributed by atoms with van der Waals surface area (Å²) in [5, 5.41) is 5.28. The fourth-order valence-corrected chi connectivity index (χ4v) is 7.64. The van der Waals surface area contributed by atoms with Crippen LogP contribution in [0.2, 0.25) is 0 Å². The average molecular weight is 863 g/mol. The number of hydrogen-bond donors (Lipinski definition) is 3. The van der Waals surface area contributed by atoms with Gasteiger partial charge in [0.1, 0.15) is 29.0 Å². The van der Waals surface area contributed by atoms with E-state index in [0.717, 1.165) is 12.5 Å². The minimum absolute atomic E-state index is 0.0737. The number of nitrogens with zero attached hydrogens (tertiary/aromatic N) is 5. The Morgan fingerprint density at radius 2 is 1.60 bits per heavy atom. The highest BCUT2D eigenvalue weighted by atomic mass is 19.4. The predicted molar refractivity (Wildman–Crippen MR) is 225 cm³/mol. The number of methoxy groups -OCH3 is 1. The van der Waals surface area contributed by atoms with Gasteiger partial charge >= 0.3 is 18.5 Å². The first-order chi connectivity index (χ1) is 29.2. The number of benzene rings is 2. The topological polar surface area (TPSA) is 171 Å². The van der Waals surface area contributed by atoms with Crippen molar-refractivity contribution in [1.82, 2.24) is 30.1 Å². The van der Waals surface area contributed by atoms with Gasteiger partial charge in [0.15, 0.2) is 0 Å². The Kier molecular flexibility index (Phi) is 13.4. The monoisotopic (exact) mass is 862 g/mol. The van der Waals surface area contributed by atoms with E-state index < -0.39 is 35.8 Å². The molecule has 62 heavy (non-hydrogen) atoms. The number of likely N-dealkylation sites (tertiary alicyclic amines) is 1. The van der Waals surface area contributed by atoms with E-state index in [1.54, 1.807) is 52.4 Å². The molecule has 4 unspecified atom stereocenters. The smallest absolute Gasteiger partial charge is 0.453 e. The molecule has 0 aliphatic carbocycles. The van der Waals surface area contributed by atoms with Crippen LogP contribution in [0.25, 0.3) is 22.4 Å². The molecule has 332 valence electrons. The summed E-state index contributed by atoms with van der Waals surface area (Å²) in [6.07, 6.45) is -1.66. The highest BCUT2D eigenvalue weighted by Crippen LogP contribution is 2.38. The summed E-state index contributed by atoms with van der Waals surface area (Å²) in [4.78, 5) is 69.4. The lowest BCUT2D eigenvalue weighted by atomic mass is 10.0. The van der Waals surface area contributed by atoms with E-state index in [9.17, 15) is 32.3 Å². The SMILES string of the molecule is COC(=O)NC(C(=O)N1CCCC1c1ncc(-c2ccc(-c3ccc(NC(=O)c4ccc(N5CC(C)N(C(=O)OC(C)(C)C)CC5C)nc4)cc3OC(F)(F)F)cc2)[nH]1)C(C)C.